The van der Waals surface area contributed by atoms with Gasteiger partial charge in [0.05, 0.1) is 24.7 Å². The fraction of sp³-hybridized carbons (Fsp3) is 0.643. The first-order valence-electron chi connectivity index (χ1n) is 7.09. The Balaban J connectivity index is 2.29. The summed E-state index contributed by atoms with van der Waals surface area (Å²) in [6.07, 6.45) is 2.96. The van der Waals surface area contributed by atoms with Crippen molar-refractivity contribution >= 4 is 13.1 Å². The Labute approximate surface area is 130 Å². The first-order chi connectivity index (χ1) is 10.2. The SMILES string of the molecule is COc1ncc(C(CC(=O)O)B2OC(C)(C)C(C)(C)O2)cn1. The van der Waals surface area contributed by atoms with Gasteiger partial charge in [0.2, 0.25) is 0 Å². The molecule has 0 spiro atoms. The van der Waals surface area contributed by atoms with Crippen LogP contribution in [0.3, 0.4) is 0 Å². The van der Waals surface area contributed by atoms with Gasteiger partial charge in [0, 0.05) is 18.2 Å². The number of aliphatic carboxylic acids is 1. The predicted octanol–water partition coefficient (Wildman–Crippen LogP) is 1.67. The highest BCUT2D eigenvalue weighted by Crippen LogP contribution is 2.41. The van der Waals surface area contributed by atoms with Crippen molar-refractivity contribution in [2.24, 2.45) is 0 Å². The van der Waals surface area contributed by atoms with Crippen LogP contribution in [0.2, 0.25) is 0 Å². The third-order valence-corrected chi connectivity index (χ3v) is 4.25. The molecule has 0 bridgehead atoms. The standard InChI is InChI=1S/C14H21BN2O5/c1-13(2)14(3,4)22-15(21-13)10(6-11(18)19)9-7-16-12(20-5)17-8-9/h7-8,10H,6H2,1-5H3,(H,18,19). The van der Waals surface area contributed by atoms with Gasteiger partial charge in [-0.25, -0.2) is 9.97 Å². The molecule has 22 heavy (non-hydrogen) atoms. The summed E-state index contributed by atoms with van der Waals surface area (Å²) in [6, 6.07) is 0.228. The molecule has 8 heteroatoms. The van der Waals surface area contributed by atoms with E-state index in [1.807, 2.05) is 27.7 Å². The summed E-state index contributed by atoms with van der Waals surface area (Å²) < 4.78 is 16.9. The van der Waals surface area contributed by atoms with E-state index in [0.717, 1.165) is 0 Å². The zero-order valence-electron chi connectivity index (χ0n) is 13.5. The van der Waals surface area contributed by atoms with Crippen molar-refractivity contribution in [3.8, 4) is 6.01 Å². The summed E-state index contributed by atoms with van der Waals surface area (Å²) in [7, 11) is 0.802. The molecule has 7 nitrogen and oxygen atoms in total. The average Bonchev–Trinajstić information content (AvgIpc) is 2.64. The van der Waals surface area contributed by atoms with Crippen molar-refractivity contribution in [2.45, 2.75) is 51.1 Å². The highest BCUT2D eigenvalue weighted by atomic mass is 16.7. The number of carboxylic acid groups (broad SMARTS) is 1. The minimum absolute atomic E-state index is 0.132. The zero-order chi connectivity index (χ0) is 16.5. The van der Waals surface area contributed by atoms with Gasteiger partial charge in [-0.05, 0) is 33.3 Å². The number of nitrogens with zero attached hydrogens (tertiary/aromatic N) is 2. The van der Waals surface area contributed by atoms with Gasteiger partial charge in [-0.3, -0.25) is 4.79 Å². The lowest BCUT2D eigenvalue weighted by Gasteiger charge is -2.32. The molecule has 1 fully saturated rings. The van der Waals surface area contributed by atoms with Gasteiger partial charge in [0.25, 0.3) is 0 Å². The van der Waals surface area contributed by atoms with Gasteiger partial charge in [-0.2, -0.15) is 0 Å². The molecule has 1 unspecified atom stereocenters. The van der Waals surface area contributed by atoms with Gasteiger partial charge in [0.15, 0.2) is 0 Å². The molecule has 1 saturated heterocycles. The molecular formula is C14H21BN2O5. The number of hydrogen-bond acceptors (Lipinski definition) is 6. The summed E-state index contributed by atoms with van der Waals surface area (Å²) in [4.78, 5) is 19.3. The van der Waals surface area contributed by atoms with Crippen molar-refractivity contribution in [3.63, 3.8) is 0 Å². The van der Waals surface area contributed by atoms with Gasteiger partial charge in [0.1, 0.15) is 0 Å². The fourth-order valence-electron chi connectivity index (χ4n) is 2.24. The third kappa shape index (κ3) is 3.22. The Morgan fingerprint density at radius 2 is 1.77 bits per heavy atom. The molecule has 2 rings (SSSR count). The first kappa shape index (κ1) is 16.7. The van der Waals surface area contributed by atoms with Crippen LogP contribution in [0, 0.1) is 0 Å². The quantitative estimate of drug-likeness (QED) is 0.827. The van der Waals surface area contributed by atoms with E-state index in [1.54, 1.807) is 12.4 Å². The lowest BCUT2D eigenvalue weighted by atomic mass is 9.67. The number of hydrogen-bond donors (Lipinski definition) is 1. The van der Waals surface area contributed by atoms with Crippen LogP contribution in [0.1, 0.15) is 45.5 Å². The number of ether oxygens (including phenoxy) is 1. The highest BCUT2D eigenvalue weighted by molar-refractivity contribution is 6.48. The lowest BCUT2D eigenvalue weighted by molar-refractivity contribution is -0.137. The predicted molar refractivity (Wildman–Crippen MR) is 79.7 cm³/mol. The molecular weight excluding hydrogens is 287 g/mol. The molecule has 1 aromatic heterocycles. The molecule has 1 atom stereocenters. The molecule has 0 radical (unpaired) electrons. The summed E-state index contributed by atoms with van der Waals surface area (Å²) in [5.74, 6) is -1.43. The van der Waals surface area contributed by atoms with E-state index in [2.05, 4.69) is 9.97 Å². The van der Waals surface area contributed by atoms with Crippen LogP contribution >= 0.6 is 0 Å². The molecule has 2 heterocycles. The van der Waals surface area contributed by atoms with E-state index in [9.17, 15) is 9.90 Å². The maximum Gasteiger partial charge on any atom is 0.466 e. The minimum atomic E-state index is -0.935. The Morgan fingerprint density at radius 3 is 2.18 bits per heavy atom. The first-order valence-corrected chi connectivity index (χ1v) is 7.09. The second-order valence-electron chi connectivity index (χ2n) is 6.33. The van der Waals surface area contributed by atoms with Crippen molar-refractivity contribution in [1.82, 2.24) is 9.97 Å². The number of methoxy groups -OCH3 is 1. The van der Waals surface area contributed by atoms with Gasteiger partial charge in [-0.1, -0.05) is 0 Å². The van der Waals surface area contributed by atoms with E-state index < -0.39 is 30.1 Å². The van der Waals surface area contributed by atoms with Gasteiger partial charge in [-0.15, -0.1) is 0 Å². The molecule has 0 saturated carbocycles. The molecule has 1 aliphatic heterocycles. The number of carbonyl (C=O) groups is 1. The van der Waals surface area contributed by atoms with Crippen molar-refractivity contribution in [3.05, 3.63) is 18.0 Å². The second-order valence-corrected chi connectivity index (χ2v) is 6.33. The van der Waals surface area contributed by atoms with Crippen LogP contribution in [-0.2, 0) is 14.1 Å². The van der Waals surface area contributed by atoms with Crippen LogP contribution in [0.15, 0.2) is 12.4 Å². The van der Waals surface area contributed by atoms with Gasteiger partial charge < -0.3 is 19.2 Å². The maximum atomic E-state index is 11.2. The largest absolute Gasteiger partial charge is 0.481 e. The smallest absolute Gasteiger partial charge is 0.466 e. The van der Waals surface area contributed by atoms with Crippen molar-refractivity contribution in [2.75, 3.05) is 7.11 Å². The monoisotopic (exact) mass is 308 g/mol. The lowest BCUT2D eigenvalue weighted by Crippen LogP contribution is -2.41. The van der Waals surface area contributed by atoms with E-state index in [0.29, 0.717) is 5.56 Å². The Bertz CT molecular complexity index is 531. The molecule has 0 aliphatic carbocycles. The fourth-order valence-corrected chi connectivity index (χ4v) is 2.24. The molecule has 0 amide bonds. The van der Waals surface area contributed by atoms with Gasteiger partial charge >= 0.3 is 19.1 Å². The highest BCUT2D eigenvalue weighted by Gasteiger charge is 2.54. The average molecular weight is 308 g/mol. The van der Waals surface area contributed by atoms with Crippen LogP contribution in [0.4, 0.5) is 0 Å². The Kier molecular flexibility index (Phi) is 4.44. The molecule has 1 aliphatic rings. The molecule has 1 N–H and O–H groups in total. The topological polar surface area (TPSA) is 90.8 Å². The van der Waals surface area contributed by atoms with Crippen LogP contribution in [-0.4, -0.2) is 46.5 Å². The molecule has 1 aromatic rings. The Hall–Kier alpha value is -1.67. The third-order valence-electron chi connectivity index (χ3n) is 4.25. The second kappa shape index (κ2) is 5.85. The molecule has 0 aromatic carbocycles. The number of carboxylic acids is 1. The van der Waals surface area contributed by atoms with Crippen LogP contribution < -0.4 is 4.74 Å². The summed E-state index contributed by atoms with van der Waals surface area (Å²) >= 11 is 0. The van der Waals surface area contributed by atoms with E-state index in [-0.39, 0.29) is 12.4 Å². The summed E-state index contributed by atoms with van der Waals surface area (Å²) in [5.41, 5.74) is -0.412. The maximum absolute atomic E-state index is 11.2. The zero-order valence-corrected chi connectivity index (χ0v) is 13.5. The van der Waals surface area contributed by atoms with E-state index >= 15 is 0 Å². The van der Waals surface area contributed by atoms with E-state index in [4.69, 9.17) is 14.0 Å². The van der Waals surface area contributed by atoms with E-state index in [1.165, 1.54) is 7.11 Å². The van der Waals surface area contributed by atoms with Crippen LogP contribution in [0.25, 0.3) is 0 Å². The summed E-state index contributed by atoms with van der Waals surface area (Å²) in [6.45, 7) is 7.70. The van der Waals surface area contributed by atoms with Crippen LogP contribution in [0.5, 0.6) is 6.01 Å². The van der Waals surface area contributed by atoms with Crippen molar-refractivity contribution in [1.29, 1.82) is 0 Å². The number of aromatic nitrogens is 2. The minimum Gasteiger partial charge on any atom is -0.481 e. The summed E-state index contributed by atoms with van der Waals surface area (Å²) in [5, 5.41) is 9.19. The molecule has 120 valence electrons. The van der Waals surface area contributed by atoms with Crippen molar-refractivity contribution < 1.29 is 23.9 Å². The normalized spacial score (nSPS) is 20.7. The Morgan fingerprint density at radius 1 is 1.27 bits per heavy atom. The number of rotatable bonds is 5.